The Hall–Kier alpha value is -0.880. The first-order valence-electron chi connectivity index (χ1n) is 5.99. The van der Waals surface area contributed by atoms with Gasteiger partial charge in [-0.1, -0.05) is 19.8 Å². The van der Waals surface area contributed by atoms with E-state index in [1.807, 2.05) is 0 Å². The van der Waals surface area contributed by atoms with Crippen molar-refractivity contribution in [1.82, 2.24) is 4.90 Å². The Balaban J connectivity index is 2.81. The summed E-state index contributed by atoms with van der Waals surface area (Å²) in [5, 5.41) is 9.15. The lowest BCUT2D eigenvalue weighted by molar-refractivity contribution is -0.140. The molecular formula is C11H19NO4S. The Bertz CT molecular complexity index is 394. The summed E-state index contributed by atoms with van der Waals surface area (Å²) in [5.41, 5.74) is 0. The van der Waals surface area contributed by atoms with Crippen LogP contribution >= 0.6 is 0 Å². The summed E-state index contributed by atoms with van der Waals surface area (Å²) in [7, 11) is -2.39. The molecule has 98 valence electrons. The summed E-state index contributed by atoms with van der Waals surface area (Å²) < 4.78 is 22.0. The molecule has 0 spiro atoms. The zero-order valence-electron chi connectivity index (χ0n) is 10.1. The van der Waals surface area contributed by atoms with Crippen LogP contribution in [0.5, 0.6) is 0 Å². The fourth-order valence-corrected chi connectivity index (χ4v) is 2.94. The normalized spacial score (nSPS) is 21.5. The molecule has 0 aliphatic carbocycles. The van der Waals surface area contributed by atoms with E-state index >= 15 is 0 Å². The molecule has 1 heterocycles. The maximum Gasteiger partial charge on any atom is 0.326 e. The van der Waals surface area contributed by atoms with Crippen LogP contribution in [0.15, 0.2) is 0 Å². The summed E-state index contributed by atoms with van der Waals surface area (Å²) in [4.78, 5) is 13.1. The number of piperidine rings is 1. The average Bonchev–Trinajstić information content (AvgIpc) is 2.28. The maximum atomic E-state index is 11.2. The number of carboxylic acid groups (broad SMARTS) is 1. The highest BCUT2D eigenvalue weighted by Crippen LogP contribution is 2.16. The summed E-state index contributed by atoms with van der Waals surface area (Å²) in [6.07, 6.45) is 4.11. The van der Waals surface area contributed by atoms with Gasteiger partial charge in [-0.3, -0.25) is 9.69 Å². The highest BCUT2D eigenvalue weighted by molar-refractivity contribution is 7.73. The van der Waals surface area contributed by atoms with Gasteiger partial charge in [0.2, 0.25) is 10.3 Å². The van der Waals surface area contributed by atoms with Crippen molar-refractivity contribution in [3.63, 3.8) is 0 Å². The highest BCUT2D eigenvalue weighted by Gasteiger charge is 2.34. The van der Waals surface area contributed by atoms with E-state index in [2.05, 4.69) is 6.92 Å². The van der Waals surface area contributed by atoms with Crippen molar-refractivity contribution >= 4 is 21.1 Å². The Morgan fingerprint density at radius 3 is 2.71 bits per heavy atom. The van der Waals surface area contributed by atoms with Gasteiger partial charge in [0.1, 0.15) is 6.04 Å². The van der Waals surface area contributed by atoms with Crippen LogP contribution in [0.25, 0.3) is 0 Å². The molecule has 1 unspecified atom stereocenters. The third kappa shape index (κ3) is 3.81. The van der Waals surface area contributed by atoms with Crippen molar-refractivity contribution in [2.24, 2.45) is 0 Å². The van der Waals surface area contributed by atoms with Gasteiger partial charge >= 0.3 is 5.97 Å². The molecule has 5 nitrogen and oxygen atoms in total. The van der Waals surface area contributed by atoms with Crippen LogP contribution in [0, 0.1) is 0 Å². The second-order valence-electron chi connectivity index (χ2n) is 4.29. The predicted octanol–water partition coefficient (Wildman–Crippen LogP) is 0.777. The summed E-state index contributed by atoms with van der Waals surface area (Å²) in [6.45, 7) is 3.40. The zero-order valence-corrected chi connectivity index (χ0v) is 10.9. The molecule has 0 radical (unpaired) electrons. The first-order valence-corrected chi connectivity index (χ1v) is 7.07. The minimum Gasteiger partial charge on any atom is -0.480 e. The van der Waals surface area contributed by atoms with Crippen LogP contribution in [0.4, 0.5) is 0 Å². The van der Waals surface area contributed by atoms with Crippen molar-refractivity contribution in [2.45, 2.75) is 45.1 Å². The molecule has 1 fully saturated rings. The first-order chi connectivity index (χ1) is 8.07. The zero-order chi connectivity index (χ0) is 12.8. The lowest BCUT2D eigenvalue weighted by Crippen LogP contribution is -2.51. The number of likely N-dealkylation sites (tertiary alicyclic amines) is 1. The topological polar surface area (TPSA) is 74.7 Å². The number of nitrogens with zero attached hydrogens (tertiary/aromatic N) is 1. The van der Waals surface area contributed by atoms with Crippen LogP contribution < -0.4 is 0 Å². The fourth-order valence-electron chi connectivity index (χ4n) is 2.20. The van der Waals surface area contributed by atoms with E-state index in [-0.39, 0.29) is 4.86 Å². The largest absolute Gasteiger partial charge is 0.480 e. The van der Waals surface area contributed by atoms with E-state index in [1.165, 1.54) is 0 Å². The molecular weight excluding hydrogens is 242 g/mol. The van der Waals surface area contributed by atoms with E-state index in [1.54, 1.807) is 4.90 Å². The van der Waals surface area contributed by atoms with Gasteiger partial charge < -0.3 is 5.11 Å². The quantitative estimate of drug-likeness (QED) is 0.584. The van der Waals surface area contributed by atoms with Crippen molar-refractivity contribution in [2.75, 3.05) is 13.1 Å². The lowest BCUT2D eigenvalue weighted by Gasteiger charge is -2.32. The first kappa shape index (κ1) is 14.2. The highest BCUT2D eigenvalue weighted by atomic mass is 32.2. The minimum absolute atomic E-state index is 0.125. The van der Waals surface area contributed by atoms with Crippen LogP contribution in [0.1, 0.15) is 39.0 Å². The van der Waals surface area contributed by atoms with Gasteiger partial charge in [0, 0.05) is 0 Å². The van der Waals surface area contributed by atoms with E-state index in [9.17, 15) is 13.2 Å². The maximum absolute atomic E-state index is 11.2. The Kier molecular flexibility index (Phi) is 5.64. The predicted molar refractivity (Wildman–Crippen MR) is 65.7 cm³/mol. The van der Waals surface area contributed by atoms with Gasteiger partial charge in [0.25, 0.3) is 0 Å². The van der Waals surface area contributed by atoms with Crippen molar-refractivity contribution < 1.29 is 18.3 Å². The Labute approximate surface area is 103 Å². The molecule has 6 heteroatoms. The van der Waals surface area contributed by atoms with E-state index in [0.29, 0.717) is 19.5 Å². The van der Waals surface area contributed by atoms with Crippen LogP contribution in [-0.2, 0) is 15.1 Å². The molecule has 0 saturated carbocycles. The van der Waals surface area contributed by atoms with Gasteiger partial charge in [-0.25, -0.2) is 0 Å². The molecule has 17 heavy (non-hydrogen) atoms. The molecule has 0 bridgehead atoms. The van der Waals surface area contributed by atoms with Crippen molar-refractivity contribution in [3.8, 4) is 0 Å². The Morgan fingerprint density at radius 2 is 2.18 bits per heavy atom. The molecule has 1 rings (SSSR count). The molecule has 0 amide bonds. The van der Waals surface area contributed by atoms with Crippen LogP contribution in [0.2, 0.25) is 0 Å². The van der Waals surface area contributed by atoms with Crippen LogP contribution in [-0.4, -0.2) is 48.4 Å². The number of hydrogen-bond acceptors (Lipinski definition) is 4. The number of unbranched alkanes of at least 4 members (excludes halogenated alkanes) is 2. The molecule has 0 aromatic carbocycles. The summed E-state index contributed by atoms with van der Waals surface area (Å²) >= 11 is 0. The van der Waals surface area contributed by atoms with Crippen molar-refractivity contribution in [1.29, 1.82) is 0 Å². The number of carbonyl (C=O) groups is 1. The van der Waals surface area contributed by atoms with E-state index < -0.39 is 22.3 Å². The lowest BCUT2D eigenvalue weighted by atomic mass is 10.0. The number of rotatable bonds is 5. The van der Waals surface area contributed by atoms with Gasteiger partial charge in [-0.2, -0.15) is 8.42 Å². The second kappa shape index (κ2) is 6.76. The SMILES string of the molecule is CCCCCN1CCCC(=S(=O)=O)C1C(=O)O. The molecule has 1 aliphatic rings. The average molecular weight is 261 g/mol. The third-order valence-electron chi connectivity index (χ3n) is 3.04. The summed E-state index contributed by atoms with van der Waals surface area (Å²) in [5.74, 6) is -1.06. The smallest absolute Gasteiger partial charge is 0.326 e. The molecule has 1 atom stereocenters. The fraction of sp³-hybridized carbons (Fsp3) is 0.818. The van der Waals surface area contributed by atoms with Gasteiger partial charge in [-0.15, -0.1) is 0 Å². The standard InChI is InChI=1S/C11H19NO4S/c1-2-3-4-7-12-8-5-6-9(17(15)16)10(12)11(13)14/h10H,2-8H2,1H3,(H,13,14). The van der Waals surface area contributed by atoms with E-state index in [0.717, 1.165) is 25.7 Å². The van der Waals surface area contributed by atoms with Crippen molar-refractivity contribution in [3.05, 3.63) is 0 Å². The minimum atomic E-state index is -2.39. The van der Waals surface area contributed by atoms with Gasteiger partial charge in [0.15, 0.2) is 0 Å². The Morgan fingerprint density at radius 1 is 1.47 bits per heavy atom. The molecule has 1 N–H and O–H groups in total. The number of carboxylic acids is 1. The van der Waals surface area contributed by atoms with Crippen LogP contribution in [0.3, 0.4) is 0 Å². The molecule has 0 aromatic rings. The number of aliphatic carboxylic acids is 1. The molecule has 1 saturated heterocycles. The second-order valence-corrected chi connectivity index (χ2v) is 5.28. The van der Waals surface area contributed by atoms with Gasteiger partial charge in [-0.05, 0) is 32.4 Å². The number of hydrogen-bond donors (Lipinski definition) is 1. The molecule has 0 aromatic heterocycles. The van der Waals surface area contributed by atoms with Gasteiger partial charge in [0.05, 0.1) is 4.86 Å². The summed E-state index contributed by atoms with van der Waals surface area (Å²) in [6, 6.07) is -0.945. The third-order valence-corrected chi connectivity index (χ3v) is 3.89. The monoisotopic (exact) mass is 261 g/mol. The van der Waals surface area contributed by atoms with E-state index in [4.69, 9.17) is 5.11 Å². The molecule has 1 aliphatic heterocycles.